The number of halogens is 1. The van der Waals surface area contributed by atoms with E-state index in [2.05, 4.69) is 21.2 Å². The summed E-state index contributed by atoms with van der Waals surface area (Å²) in [5.74, 6) is -0.422. The van der Waals surface area contributed by atoms with E-state index in [0.29, 0.717) is 11.9 Å². The number of rotatable bonds is 5. The average molecular weight is 303 g/mol. The topological polar surface area (TPSA) is 81.5 Å². The number of benzene rings is 1. The number of para-hydroxylation sites is 1. The van der Waals surface area contributed by atoms with E-state index in [1.807, 2.05) is 0 Å². The molecule has 0 saturated carbocycles. The van der Waals surface area contributed by atoms with Crippen molar-refractivity contribution in [1.82, 2.24) is 5.32 Å². The van der Waals surface area contributed by atoms with Gasteiger partial charge in [-0.1, -0.05) is 22.0 Å². The van der Waals surface area contributed by atoms with Crippen molar-refractivity contribution in [1.29, 1.82) is 0 Å². The van der Waals surface area contributed by atoms with Crippen molar-refractivity contribution in [2.75, 3.05) is 19.0 Å². The van der Waals surface area contributed by atoms with Gasteiger partial charge in [0.25, 0.3) is 5.91 Å². The van der Waals surface area contributed by atoms with Gasteiger partial charge in [-0.15, -0.1) is 0 Å². The van der Waals surface area contributed by atoms with E-state index in [-0.39, 0.29) is 17.0 Å². The minimum absolute atomic E-state index is 0.0235. The van der Waals surface area contributed by atoms with E-state index in [1.165, 1.54) is 25.3 Å². The van der Waals surface area contributed by atoms with Crippen LogP contribution in [0, 0.1) is 10.1 Å². The smallest absolute Gasteiger partial charge is 0.311 e. The van der Waals surface area contributed by atoms with Crippen LogP contribution in [0.3, 0.4) is 0 Å². The molecule has 17 heavy (non-hydrogen) atoms. The highest BCUT2D eigenvalue weighted by Gasteiger charge is 2.21. The second-order valence-corrected chi connectivity index (χ2v) is 3.85. The third-order valence-corrected chi connectivity index (χ3v) is 2.42. The van der Waals surface area contributed by atoms with Gasteiger partial charge in [-0.3, -0.25) is 14.9 Å². The summed E-state index contributed by atoms with van der Waals surface area (Å²) in [7, 11) is 1.30. The second kappa shape index (κ2) is 6.19. The van der Waals surface area contributed by atoms with E-state index in [9.17, 15) is 14.9 Å². The Balaban J connectivity index is 3.11. The lowest BCUT2D eigenvalue weighted by Gasteiger charge is -2.08. The van der Waals surface area contributed by atoms with Gasteiger partial charge in [0, 0.05) is 17.9 Å². The SMILES string of the molecule is COc1c(C(=O)NCCBr)cccc1[N+](=O)[O-]. The van der Waals surface area contributed by atoms with Crippen molar-refractivity contribution in [2.45, 2.75) is 0 Å². The summed E-state index contributed by atoms with van der Waals surface area (Å²) in [5.41, 5.74) is -0.0679. The summed E-state index contributed by atoms with van der Waals surface area (Å²) in [6.07, 6.45) is 0. The van der Waals surface area contributed by atoms with E-state index in [0.717, 1.165) is 0 Å². The van der Waals surface area contributed by atoms with Crippen molar-refractivity contribution >= 4 is 27.5 Å². The highest BCUT2D eigenvalue weighted by molar-refractivity contribution is 9.09. The molecule has 0 radical (unpaired) electrons. The number of nitro groups is 1. The predicted octanol–water partition coefficient (Wildman–Crippen LogP) is 1.73. The van der Waals surface area contributed by atoms with Gasteiger partial charge < -0.3 is 10.1 Å². The first-order chi connectivity index (χ1) is 8.11. The number of methoxy groups -OCH3 is 1. The molecule has 0 aromatic heterocycles. The monoisotopic (exact) mass is 302 g/mol. The first kappa shape index (κ1) is 13.4. The lowest BCUT2D eigenvalue weighted by atomic mass is 10.1. The van der Waals surface area contributed by atoms with Crippen LogP contribution < -0.4 is 10.1 Å². The van der Waals surface area contributed by atoms with Crippen molar-refractivity contribution in [3.05, 3.63) is 33.9 Å². The Bertz CT molecular complexity index is 436. The Labute approximate surface area is 106 Å². The molecule has 92 valence electrons. The number of hydrogen-bond acceptors (Lipinski definition) is 4. The maximum Gasteiger partial charge on any atom is 0.311 e. The number of nitrogens with zero attached hydrogens (tertiary/aromatic N) is 1. The number of carbonyl (C=O) groups is 1. The molecule has 7 heteroatoms. The van der Waals surface area contributed by atoms with Gasteiger partial charge in [0.05, 0.1) is 17.6 Å². The summed E-state index contributed by atoms with van der Waals surface area (Å²) < 4.78 is 4.92. The Kier molecular flexibility index (Phi) is 4.89. The maximum atomic E-state index is 11.7. The molecule has 1 rings (SSSR count). The van der Waals surface area contributed by atoms with Crippen molar-refractivity contribution in [3.8, 4) is 5.75 Å². The van der Waals surface area contributed by atoms with Gasteiger partial charge in [-0.2, -0.15) is 0 Å². The number of ether oxygens (including phenoxy) is 1. The zero-order chi connectivity index (χ0) is 12.8. The van der Waals surface area contributed by atoms with Gasteiger partial charge in [0.15, 0.2) is 0 Å². The summed E-state index contributed by atoms with van der Waals surface area (Å²) in [6, 6.07) is 4.22. The Morgan fingerprint density at radius 3 is 2.82 bits per heavy atom. The normalized spacial score (nSPS) is 9.76. The highest BCUT2D eigenvalue weighted by atomic mass is 79.9. The Morgan fingerprint density at radius 1 is 1.59 bits per heavy atom. The Hall–Kier alpha value is -1.63. The van der Waals surface area contributed by atoms with Crippen LogP contribution in [0.2, 0.25) is 0 Å². The average Bonchev–Trinajstić information content (AvgIpc) is 2.34. The molecule has 1 aromatic carbocycles. The maximum absolute atomic E-state index is 11.7. The van der Waals surface area contributed by atoms with Crippen LogP contribution in [-0.2, 0) is 0 Å². The van der Waals surface area contributed by atoms with Crippen LogP contribution in [-0.4, -0.2) is 29.8 Å². The lowest BCUT2D eigenvalue weighted by molar-refractivity contribution is -0.385. The van der Waals surface area contributed by atoms with Crippen LogP contribution in [0.5, 0.6) is 5.75 Å². The van der Waals surface area contributed by atoms with Gasteiger partial charge in [0.1, 0.15) is 0 Å². The molecule has 0 aliphatic heterocycles. The molecule has 0 bridgehead atoms. The largest absolute Gasteiger partial charge is 0.490 e. The van der Waals surface area contributed by atoms with E-state index in [4.69, 9.17) is 4.74 Å². The van der Waals surface area contributed by atoms with E-state index >= 15 is 0 Å². The molecular weight excluding hydrogens is 292 g/mol. The minimum atomic E-state index is -0.583. The zero-order valence-corrected chi connectivity index (χ0v) is 10.7. The van der Waals surface area contributed by atoms with Gasteiger partial charge in [-0.05, 0) is 6.07 Å². The molecule has 0 heterocycles. The molecule has 0 unspecified atom stereocenters. The summed E-state index contributed by atoms with van der Waals surface area (Å²) in [6.45, 7) is 0.435. The van der Waals surface area contributed by atoms with Crippen LogP contribution in [0.4, 0.5) is 5.69 Å². The fourth-order valence-electron chi connectivity index (χ4n) is 1.32. The standard InChI is InChI=1S/C10H11BrN2O4/c1-17-9-7(10(14)12-6-5-11)3-2-4-8(9)13(15)16/h2-4H,5-6H2,1H3,(H,12,14). The van der Waals surface area contributed by atoms with Crippen molar-refractivity contribution < 1.29 is 14.5 Å². The number of nitrogens with one attached hydrogen (secondary N) is 1. The van der Waals surface area contributed by atoms with Gasteiger partial charge in [-0.25, -0.2) is 0 Å². The van der Waals surface area contributed by atoms with Crippen molar-refractivity contribution in [3.63, 3.8) is 0 Å². The lowest BCUT2D eigenvalue weighted by Crippen LogP contribution is -2.25. The predicted molar refractivity (Wildman–Crippen MR) is 65.8 cm³/mol. The van der Waals surface area contributed by atoms with Crippen LogP contribution in [0.15, 0.2) is 18.2 Å². The first-order valence-corrected chi connectivity index (χ1v) is 5.89. The third kappa shape index (κ3) is 3.16. The molecule has 0 aliphatic carbocycles. The molecule has 0 atom stereocenters. The summed E-state index contributed by atoms with van der Waals surface area (Å²) in [5, 5.41) is 14.0. The second-order valence-electron chi connectivity index (χ2n) is 3.06. The van der Waals surface area contributed by atoms with Crippen molar-refractivity contribution in [2.24, 2.45) is 0 Å². The molecule has 0 aliphatic rings. The first-order valence-electron chi connectivity index (χ1n) is 4.77. The molecule has 1 aromatic rings. The Morgan fingerprint density at radius 2 is 2.29 bits per heavy atom. The summed E-state index contributed by atoms with van der Waals surface area (Å²) >= 11 is 3.17. The molecule has 6 nitrogen and oxygen atoms in total. The molecule has 0 saturated heterocycles. The van der Waals surface area contributed by atoms with Gasteiger partial charge in [0.2, 0.25) is 5.75 Å². The molecule has 0 fully saturated rings. The van der Waals surface area contributed by atoms with E-state index in [1.54, 1.807) is 0 Å². The molecule has 0 spiro atoms. The number of amides is 1. The zero-order valence-electron chi connectivity index (χ0n) is 9.10. The fraction of sp³-hybridized carbons (Fsp3) is 0.300. The number of carbonyl (C=O) groups excluding carboxylic acids is 1. The van der Waals surface area contributed by atoms with Crippen LogP contribution >= 0.6 is 15.9 Å². The minimum Gasteiger partial charge on any atom is -0.490 e. The van der Waals surface area contributed by atoms with Crippen LogP contribution in [0.25, 0.3) is 0 Å². The third-order valence-electron chi connectivity index (χ3n) is 2.02. The number of nitro benzene ring substituents is 1. The van der Waals surface area contributed by atoms with E-state index < -0.39 is 10.8 Å². The molecular formula is C10H11BrN2O4. The quantitative estimate of drug-likeness (QED) is 0.510. The summed E-state index contributed by atoms with van der Waals surface area (Å²) in [4.78, 5) is 21.9. The highest BCUT2D eigenvalue weighted by Crippen LogP contribution is 2.30. The van der Waals surface area contributed by atoms with Crippen LogP contribution in [0.1, 0.15) is 10.4 Å². The number of hydrogen-bond donors (Lipinski definition) is 1. The molecule has 1 amide bonds. The fourth-order valence-corrected chi connectivity index (χ4v) is 1.52. The number of alkyl halides is 1. The van der Waals surface area contributed by atoms with Gasteiger partial charge >= 0.3 is 5.69 Å². The molecule has 1 N–H and O–H groups in total.